The summed E-state index contributed by atoms with van der Waals surface area (Å²) in [5.74, 6) is 0. The van der Waals surface area contributed by atoms with E-state index in [1.807, 2.05) is 42.5 Å². The van der Waals surface area contributed by atoms with Crippen molar-refractivity contribution in [2.45, 2.75) is 6.42 Å². The van der Waals surface area contributed by atoms with Gasteiger partial charge in [0, 0.05) is 0 Å². The molecule has 0 bridgehead atoms. The fourth-order valence-corrected chi connectivity index (χ4v) is 0.818. The quantitative estimate of drug-likeness (QED) is 0.621. The molecule has 1 aromatic carbocycles. The molecule has 89 valence electrons. The van der Waals surface area contributed by atoms with E-state index in [9.17, 15) is 0 Å². The summed E-state index contributed by atoms with van der Waals surface area (Å²) in [5, 5.41) is 0. The van der Waals surface area contributed by atoms with Crippen LogP contribution < -0.4 is 0 Å². The Hall–Kier alpha value is 0.0244. The molecule has 2 rings (SSSR count). The average molecular weight is 317 g/mol. The first-order valence-electron chi connectivity index (χ1n) is 3.98. The van der Waals surface area contributed by atoms with Gasteiger partial charge in [-0.1, -0.05) is 6.07 Å². The van der Waals surface area contributed by atoms with Crippen LogP contribution in [0.2, 0.25) is 0 Å². The van der Waals surface area contributed by atoms with Crippen LogP contribution in [0.5, 0.6) is 0 Å². The third-order valence-electron chi connectivity index (χ3n) is 1.43. The predicted molar refractivity (Wildman–Crippen MR) is 74.2 cm³/mol. The van der Waals surface area contributed by atoms with Gasteiger partial charge in [-0.25, -0.2) is 12.2 Å². The Balaban J connectivity index is -0.0000000739. The molecule has 16 heavy (non-hydrogen) atoms. The zero-order valence-corrected chi connectivity index (χ0v) is 12.6. The number of rotatable bonds is 0. The Morgan fingerprint density at radius 2 is 1.56 bits per heavy atom. The minimum absolute atomic E-state index is 0. The fraction of sp³-hybridized carbons (Fsp3) is 0.0833. The Morgan fingerprint density at radius 3 is 1.75 bits per heavy atom. The summed E-state index contributed by atoms with van der Waals surface area (Å²) in [5.41, 5.74) is 1.07. The molecular formula is C12H15Cl3V. The van der Waals surface area contributed by atoms with Gasteiger partial charge >= 0.3 is 18.6 Å². The third kappa shape index (κ3) is 14.0. The van der Waals surface area contributed by atoms with Gasteiger partial charge in [0.1, 0.15) is 0 Å². The minimum Gasteiger partial charge on any atom is -0.273 e. The normalized spacial score (nSPS) is 9.25. The Bertz CT molecular complexity index is 261. The molecule has 0 unspecified atom stereocenters. The molecule has 4 heteroatoms. The molecule has 0 fully saturated rings. The van der Waals surface area contributed by atoms with Crippen LogP contribution >= 0.6 is 37.2 Å². The van der Waals surface area contributed by atoms with Crippen LogP contribution in [0.15, 0.2) is 48.6 Å². The van der Waals surface area contributed by atoms with Crippen molar-refractivity contribution in [1.29, 1.82) is 0 Å². The van der Waals surface area contributed by atoms with Crippen molar-refractivity contribution in [3.8, 4) is 0 Å². The zero-order valence-electron chi connectivity index (χ0n) is 8.70. The Kier molecular flexibility index (Phi) is 27.2. The van der Waals surface area contributed by atoms with E-state index in [2.05, 4.69) is 19.1 Å². The van der Waals surface area contributed by atoms with E-state index >= 15 is 0 Å². The SMILES string of the molecule is Cl.Cl.Cl.[C-]1=CC=CC1.[CH2-]c1ccccc1.[V+2]. The van der Waals surface area contributed by atoms with Crippen molar-refractivity contribution in [1.82, 2.24) is 0 Å². The third-order valence-corrected chi connectivity index (χ3v) is 1.43. The monoisotopic (exact) mass is 315 g/mol. The first-order valence-corrected chi connectivity index (χ1v) is 3.98. The molecule has 0 aliphatic heterocycles. The maximum absolute atomic E-state index is 3.72. The minimum atomic E-state index is 0. The van der Waals surface area contributed by atoms with Crippen molar-refractivity contribution < 1.29 is 18.6 Å². The maximum Gasteiger partial charge on any atom is 2.00 e. The number of allylic oxidation sites excluding steroid dienone is 4. The topological polar surface area (TPSA) is 0 Å². The molecule has 0 atom stereocenters. The molecule has 0 aromatic heterocycles. The summed E-state index contributed by atoms with van der Waals surface area (Å²) in [6.07, 6.45) is 10.0. The van der Waals surface area contributed by atoms with Crippen LogP contribution in [-0.4, -0.2) is 0 Å². The van der Waals surface area contributed by atoms with E-state index in [1.54, 1.807) is 0 Å². The summed E-state index contributed by atoms with van der Waals surface area (Å²) in [6, 6.07) is 9.87. The van der Waals surface area contributed by atoms with Crippen LogP contribution in [0.25, 0.3) is 0 Å². The second-order valence-electron chi connectivity index (χ2n) is 2.49. The largest absolute Gasteiger partial charge is 2.00 e. The van der Waals surface area contributed by atoms with Gasteiger partial charge in [-0.2, -0.15) is 30.7 Å². The average Bonchev–Trinajstić information content (AvgIpc) is 2.62. The van der Waals surface area contributed by atoms with E-state index in [4.69, 9.17) is 0 Å². The van der Waals surface area contributed by atoms with Gasteiger partial charge in [-0.3, -0.25) is 6.08 Å². The Labute approximate surface area is 129 Å². The van der Waals surface area contributed by atoms with Crippen molar-refractivity contribution in [2.75, 3.05) is 0 Å². The van der Waals surface area contributed by atoms with Crippen LogP contribution in [0, 0.1) is 13.0 Å². The van der Waals surface area contributed by atoms with E-state index in [-0.39, 0.29) is 55.8 Å². The fourth-order valence-electron chi connectivity index (χ4n) is 0.818. The molecule has 0 spiro atoms. The van der Waals surface area contributed by atoms with Crippen LogP contribution in [-0.2, 0) is 18.6 Å². The van der Waals surface area contributed by atoms with Crippen molar-refractivity contribution in [2.24, 2.45) is 0 Å². The van der Waals surface area contributed by atoms with Crippen molar-refractivity contribution >= 4 is 37.2 Å². The zero-order chi connectivity index (χ0) is 8.65. The van der Waals surface area contributed by atoms with Gasteiger partial charge in [0.25, 0.3) is 0 Å². The van der Waals surface area contributed by atoms with Gasteiger partial charge in [0.15, 0.2) is 0 Å². The van der Waals surface area contributed by atoms with E-state index in [0.29, 0.717) is 0 Å². The summed E-state index contributed by atoms with van der Waals surface area (Å²) in [6.45, 7) is 3.72. The molecule has 0 N–H and O–H groups in total. The summed E-state index contributed by atoms with van der Waals surface area (Å²) in [4.78, 5) is 0. The van der Waals surface area contributed by atoms with Gasteiger partial charge in [0.05, 0.1) is 0 Å². The van der Waals surface area contributed by atoms with Crippen molar-refractivity contribution in [3.05, 3.63) is 67.1 Å². The molecule has 0 amide bonds. The van der Waals surface area contributed by atoms with Crippen LogP contribution in [0.1, 0.15) is 12.0 Å². The molecule has 0 saturated carbocycles. The van der Waals surface area contributed by atoms with Gasteiger partial charge < -0.3 is 0 Å². The molecule has 0 saturated heterocycles. The van der Waals surface area contributed by atoms with Gasteiger partial charge in [0.2, 0.25) is 0 Å². The van der Waals surface area contributed by atoms with Crippen LogP contribution in [0.3, 0.4) is 0 Å². The molecule has 0 nitrogen and oxygen atoms in total. The van der Waals surface area contributed by atoms with E-state index in [1.165, 1.54) is 0 Å². The second-order valence-corrected chi connectivity index (χ2v) is 2.49. The molecule has 1 aromatic rings. The van der Waals surface area contributed by atoms with E-state index < -0.39 is 0 Å². The van der Waals surface area contributed by atoms with Crippen LogP contribution in [0.4, 0.5) is 0 Å². The van der Waals surface area contributed by atoms with E-state index in [0.717, 1.165) is 12.0 Å². The smallest absolute Gasteiger partial charge is 0.273 e. The summed E-state index contributed by atoms with van der Waals surface area (Å²) >= 11 is 0. The molecule has 0 heterocycles. The number of benzene rings is 1. The molecule has 1 aliphatic carbocycles. The predicted octanol–water partition coefficient (Wildman–Crippen LogP) is 4.44. The number of hydrogen-bond acceptors (Lipinski definition) is 0. The van der Waals surface area contributed by atoms with Gasteiger partial charge in [-0.15, -0.1) is 55.8 Å². The van der Waals surface area contributed by atoms with Crippen molar-refractivity contribution in [3.63, 3.8) is 0 Å². The summed E-state index contributed by atoms with van der Waals surface area (Å²) in [7, 11) is 0. The second kappa shape index (κ2) is 17.4. The number of hydrogen-bond donors (Lipinski definition) is 0. The molecule has 1 radical (unpaired) electrons. The maximum atomic E-state index is 3.72. The summed E-state index contributed by atoms with van der Waals surface area (Å²) < 4.78 is 0. The molecular weight excluding hydrogens is 301 g/mol. The van der Waals surface area contributed by atoms with Gasteiger partial charge in [-0.05, 0) is 0 Å². The number of halogens is 3. The Morgan fingerprint density at radius 1 is 1.00 bits per heavy atom. The first kappa shape index (κ1) is 25.0. The standard InChI is InChI=1S/C7H7.C5H5.3ClH.V/c1-7-5-3-2-4-6-7;1-2-4-5-3-1;;;;/h2-6H,1H2;1-3H,4H2;3*1H;/q2*-1;;;;+2. The first-order chi connectivity index (χ1) is 5.89. The molecule has 1 aliphatic rings.